The molecule has 6 nitrogen and oxygen atoms in total. The van der Waals surface area contributed by atoms with Gasteiger partial charge in [0.1, 0.15) is 0 Å². The molecule has 0 spiro atoms. The Labute approximate surface area is 124 Å². The van der Waals surface area contributed by atoms with Crippen molar-refractivity contribution in [3.8, 4) is 5.69 Å². The van der Waals surface area contributed by atoms with Crippen LogP contribution in [0.15, 0.2) is 29.4 Å². The minimum absolute atomic E-state index is 0.201. The average molecular weight is 306 g/mol. The zero-order chi connectivity index (χ0) is 15.0. The van der Waals surface area contributed by atoms with Gasteiger partial charge in [-0.3, -0.25) is 0 Å². The van der Waals surface area contributed by atoms with Crippen LogP contribution in [0.25, 0.3) is 5.69 Å². The normalized spacial score (nSPS) is 14.9. The van der Waals surface area contributed by atoms with Crippen molar-refractivity contribution in [2.24, 2.45) is 0 Å². The van der Waals surface area contributed by atoms with Gasteiger partial charge >= 0.3 is 0 Å². The number of aryl methyl sites for hydroxylation is 1. The number of nitrogen functional groups attached to an aromatic ring is 1. The number of benzene rings is 1. The maximum absolute atomic E-state index is 11.9. The number of nitrogens with zero attached hydrogens (tertiary/aromatic N) is 2. The zero-order valence-electron chi connectivity index (χ0n) is 11.8. The van der Waals surface area contributed by atoms with E-state index < -0.39 is 10.0 Å². The molecule has 0 atom stereocenters. The van der Waals surface area contributed by atoms with E-state index in [0.717, 1.165) is 37.1 Å². The van der Waals surface area contributed by atoms with E-state index in [4.69, 9.17) is 5.73 Å². The Bertz CT molecular complexity index is 780. The zero-order valence-corrected chi connectivity index (χ0v) is 12.7. The highest BCUT2D eigenvalue weighted by atomic mass is 32.2. The molecule has 112 valence electrons. The second kappa shape index (κ2) is 5.16. The highest BCUT2D eigenvalue weighted by Crippen LogP contribution is 2.27. The average Bonchev–Trinajstić information content (AvgIpc) is 2.91. The van der Waals surface area contributed by atoms with E-state index in [1.54, 1.807) is 18.5 Å². The molecule has 0 bridgehead atoms. The van der Waals surface area contributed by atoms with Gasteiger partial charge in [0.2, 0.25) is 10.0 Å². The number of imidazole rings is 1. The lowest BCUT2D eigenvalue weighted by Crippen LogP contribution is -2.19. The second-order valence-corrected chi connectivity index (χ2v) is 7.03. The minimum Gasteiger partial charge on any atom is -0.397 e. The van der Waals surface area contributed by atoms with Gasteiger partial charge in [-0.05, 0) is 50.9 Å². The van der Waals surface area contributed by atoms with E-state index in [0.29, 0.717) is 11.4 Å². The predicted molar refractivity (Wildman–Crippen MR) is 80.9 cm³/mol. The number of fused-ring (bicyclic) bond motifs is 1. The summed E-state index contributed by atoms with van der Waals surface area (Å²) in [6.07, 6.45) is 5.91. The number of hydrogen-bond acceptors (Lipinski definition) is 4. The maximum atomic E-state index is 11.9. The number of sulfonamides is 1. The molecule has 21 heavy (non-hydrogen) atoms. The first-order valence-corrected chi connectivity index (χ1v) is 8.40. The summed E-state index contributed by atoms with van der Waals surface area (Å²) in [6.45, 7) is 0. The Kier molecular flexibility index (Phi) is 3.46. The lowest BCUT2D eigenvalue weighted by Gasteiger charge is -2.16. The molecule has 0 aliphatic heterocycles. The quantitative estimate of drug-likeness (QED) is 0.835. The van der Waals surface area contributed by atoms with Crippen LogP contribution in [0.5, 0.6) is 0 Å². The van der Waals surface area contributed by atoms with Crippen LogP contribution >= 0.6 is 0 Å². The third kappa shape index (κ3) is 2.43. The molecule has 0 fully saturated rings. The van der Waals surface area contributed by atoms with Crippen molar-refractivity contribution in [2.75, 3.05) is 12.8 Å². The number of nitrogens with one attached hydrogen (secondary N) is 1. The fourth-order valence-corrected chi connectivity index (χ4v) is 3.44. The maximum Gasteiger partial charge on any atom is 0.240 e. The third-order valence-electron chi connectivity index (χ3n) is 3.87. The molecule has 0 radical (unpaired) electrons. The van der Waals surface area contributed by atoms with Gasteiger partial charge in [0.15, 0.2) is 0 Å². The van der Waals surface area contributed by atoms with Crippen molar-refractivity contribution in [1.82, 2.24) is 14.3 Å². The molecule has 0 saturated carbocycles. The van der Waals surface area contributed by atoms with Crippen LogP contribution in [-0.2, 0) is 22.9 Å². The monoisotopic (exact) mass is 306 g/mol. The third-order valence-corrected chi connectivity index (χ3v) is 5.28. The number of hydrogen-bond donors (Lipinski definition) is 2. The summed E-state index contributed by atoms with van der Waals surface area (Å²) in [6, 6.07) is 4.72. The Balaban J connectivity index is 2.14. The number of aromatic nitrogens is 2. The van der Waals surface area contributed by atoms with Crippen LogP contribution in [0.4, 0.5) is 5.69 Å². The molecule has 0 amide bonds. The van der Waals surface area contributed by atoms with E-state index in [2.05, 4.69) is 9.71 Å². The molecule has 1 aliphatic rings. The lowest BCUT2D eigenvalue weighted by atomic mass is 10.0. The first-order chi connectivity index (χ1) is 10.0. The minimum atomic E-state index is -3.49. The van der Waals surface area contributed by atoms with Crippen molar-refractivity contribution in [3.05, 3.63) is 35.9 Å². The Morgan fingerprint density at radius 3 is 2.81 bits per heavy atom. The first kappa shape index (κ1) is 14.1. The van der Waals surface area contributed by atoms with Gasteiger partial charge in [-0.15, -0.1) is 0 Å². The SMILES string of the molecule is CNS(=O)(=O)c1ccc(N)c(-n2cnc3c2CCCC3)c1. The van der Waals surface area contributed by atoms with E-state index in [-0.39, 0.29) is 4.90 Å². The molecule has 1 aromatic carbocycles. The standard InChI is InChI=1S/C14H18N4O2S/c1-16-21(19,20)10-6-7-11(15)14(8-10)18-9-17-12-4-2-3-5-13(12)18/h6-9,16H,2-5,15H2,1H3. The van der Waals surface area contributed by atoms with Gasteiger partial charge in [0, 0.05) is 5.69 Å². The summed E-state index contributed by atoms with van der Waals surface area (Å²) >= 11 is 0. The largest absolute Gasteiger partial charge is 0.397 e. The van der Waals surface area contributed by atoms with Crippen LogP contribution in [0, 0.1) is 0 Å². The van der Waals surface area contributed by atoms with E-state index >= 15 is 0 Å². The molecule has 2 aromatic rings. The summed E-state index contributed by atoms with van der Waals surface area (Å²) in [5, 5.41) is 0. The summed E-state index contributed by atoms with van der Waals surface area (Å²) in [4.78, 5) is 4.63. The van der Waals surface area contributed by atoms with Gasteiger partial charge in [-0.1, -0.05) is 0 Å². The summed E-state index contributed by atoms with van der Waals surface area (Å²) in [5.74, 6) is 0. The molecule has 3 N–H and O–H groups in total. The topological polar surface area (TPSA) is 90.0 Å². The molecule has 0 saturated heterocycles. The van der Waals surface area contributed by atoms with Crippen LogP contribution in [-0.4, -0.2) is 25.0 Å². The molecule has 7 heteroatoms. The van der Waals surface area contributed by atoms with Crippen molar-refractivity contribution in [3.63, 3.8) is 0 Å². The Hall–Kier alpha value is -1.86. The molecule has 1 aromatic heterocycles. The lowest BCUT2D eigenvalue weighted by molar-refractivity contribution is 0.588. The van der Waals surface area contributed by atoms with Crippen LogP contribution < -0.4 is 10.5 Å². The van der Waals surface area contributed by atoms with Gasteiger partial charge in [-0.2, -0.15) is 0 Å². The molecule has 1 aliphatic carbocycles. The molecular formula is C14H18N4O2S. The second-order valence-electron chi connectivity index (χ2n) is 5.14. The summed E-state index contributed by atoms with van der Waals surface area (Å²) in [7, 11) is -2.10. The number of rotatable bonds is 3. The predicted octanol–water partition coefficient (Wildman–Crippen LogP) is 1.24. The van der Waals surface area contributed by atoms with Crippen molar-refractivity contribution in [2.45, 2.75) is 30.6 Å². The first-order valence-electron chi connectivity index (χ1n) is 6.91. The van der Waals surface area contributed by atoms with Crippen molar-refractivity contribution < 1.29 is 8.42 Å². The molecule has 3 rings (SSSR count). The van der Waals surface area contributed by atoms with Gasteiger partial charge < -0.3 is 10.3 Å². The van der Waals surface area contributed by atoms with Gasteiger partial charge in [0.25, 0.3) is 0 Å². The molecular weight excluding hydrogens is 288 g/mol. The van der Waals surface area contributed by atoms with Gasteiger partial charge in [0.05, 0.1) is 28.3 Å². The Morgan fingerprint density at radius 2 is 2.05 bits per heavy atom. The summed E-state index contributed by atoms with van der Waals surface area (Å²) in [5.41, 5.74) is 9.46. The van der Waals surface area contributed by atoms with Crippen molar-refractivity contribution in [1.29, 1.82) is 0 Å². The van der Waals surface area contributed by atoms with Crippen LogP contribution in [0.2, 0.25) is 0 Å². The van der Waals surface area contributed by atoms with E-state index in [9.17, 15) is 8.42 Å². The molecule has 1 heterocycles. The summed E-state index contributed by atoms with van der Waals surface area (Å²) < 4.78 is 28.1. The van der Waals surface area contributed by atoms with E-state index in [1.807, 2.05) is 4.57 Å². The van der Waals surface area contributed by atoms with Crippen molar-refractivity contribution >= 4 is 15.7 Å². The van der Waals surface area contributed by atoms with Crippen LogP contribution in [0.1, 0.15) is 24.2 Å². The number of nitrogens with two attached hydrogens (primary N) is 1. The fraction of sp³-hybridized carbons (Fsp3) is 0.357. The molecule has 0 unspecified atom stereocenters. The highest BCUT2D eigenvalue weighted by molar-refractivity contribution is 7.89. The van der Waals surface area contributed by atoms with Crippen LogP contribution in [0.3, 0.4) is 0 Å². The smallest absolute Gasteiger partial charge is 0.240 e. The van der Waals surface area contributed by atoms with Gasteiger partial charge in [-0.25, -0.2) is 18.1 Å². The Morgan fingerprint density at radius 1 is 1.29 bits per heavy atom. The fourth-order valence-electron chi connectivity index (χ4n) is 2.69. The number of anilines is 1. The van der Waals surface area contributed by atoms with E-state index in [1.165, 1.54) is 13.1 Å². The highest BCUT2D eigenvalue weighted by Gasteiger charge is 2.19.